The van der Waals surface area contributed by atoms with Crippen LogP contribution in [0.3, 0.4) is 0 Å². The molecule has 0 spiro atoms. The van der Waals surface area contributed by atoms with Gasteiger partial charge in [-0.05, 0) is 31.5 Å². The lowest BCUT2D eigenvalue weighted by atomic mass is 10.2. The number of aromatic nitrogens is 3. The number of imidazole rings is 1. The highest BCUT2D eigenvalue weighted by atomic mass is 32.1. The number of amides is 1. The molecule has 0 saturated heterocycles. The standard InChI is InChI=1S/C20H18N4O2S/c1-12(18-21-11-15(23-18)14-7-4-3-5-8-14)22-19(25)17-13(2)27-20(24-17)16-9-6-10-26-16/h3-12H,1-2H3,(H,21,23)(H,22,25). The highest BCUT2D eigenvalue weighted by Gasteiger charge is 2.20. The molecule has 0 radical (unpaired) electrons. The summed E-state index contributed by atoms with van der Waals surface area (Å²) in [6.07, 6.45) is 3.37. The molecule has 0 saturated carbocycles. The summed E-state index contributed by atoms with van der Waals surface area (Å²) in [5, 5.41) is 3.65. The van der Waals surface area contributed by atoms with Crippen LogP contribution in [-0.4, -0.2) is 20.9 Å². The van der Waals surface area contributed by atoms with E-state index in [0.717, 1.165) is 16.1 Å². The minimum Gasteiger partial charge on any atom is -0.462 e. The number of carbonyl (C=O) groups excluding carboxylic acids is 1. The number of nitrogens with zero attached hydrogens (tertiary/aromatic N) is 2. The second-order valence-corrected chi connectivity index (χ2v) is 7.35. The van der Waals surface area contributed by atoms with E-state index in [4.69, 9.17) is 4.42 Å². The van der Waals surface area contributed by atoms with E-state index in [9.17, 15) is 4.79 Å². The van der Waals surface area contributed by atoms with E-state index in [-0.39, 0.29) is 11.9 Å². The first-order valence-electron chi connectivity index (χ1n) is 8.54. The molecule has 6 nitrogen and oxygen atoms in total. The van der Waals surface area contributed by atoms with Crippen molar-refractivity contribution in [3.63, 3.8) is 0 Å². The van der Waals surface area contributed by atoms with Gasteiger partial charge in [0.25, 0.3) is 5.91 Å². The second kappa shape index (κ2) is 7.20. The van der Waals surface area contributed by atoms with Gasteiger partial charge in [-0.3, -0.25) is 4.79 Å². The molecular formula is C20H18N4O2S. The minimum atomic E-state index is -0.275. The Hall–Kier alpha value is -3.19. The van der Waals surface area contributed by atoms with E-state index in [2.05, 4.69) is 20.3 Å². The molecule has 4 rings (SSSR count). The predicted octanol–water partition coefficient (Wildman–Crippen LogP) is 4.59. The Morgan fingerprint density at radius 2 is 2.04 bits per heavy atom. The number of rotatable bonds is 5. The van der Waals surface area contributed by atoms with Gasteiger partial charge >= 0.3 is 0 Å². The molecule has 1 unspecified atom stereocenters. The van der Waals surface area contributed by atoms with Gasteiger partial charge in [-0.2, -0.15) is 0 Å². The number of benzene rings is 1. The van der Waals surface area contributed by atoms with Crippen molar-refractivity contribution in [2.75, 3.05) is 0 Å². The average molecular weight is 378 g/mol. The quantitative estimate of drug-likeness (QED) is 0.532. The summed E-state index contributed by atoms with van der Waals surface area (Å²) in [5.41, 5.74) is 2.37. The Morgan fingerprint density at radius 3 is 2.78 bits per heavy atom. The molecule has 4 aromatic rings. The molecule has 7 heteroatoms. The molecule has 0 aliphatic rings. The molecule has 2 N–H and O–H groups in total. The highest BCUT2D eigenvalue weighted by Crippen LogP contribution is 2.28. The molecular weight excluding hydrogens is 360 g/mol. The van der Waals surface area contributed by atoms with E-state index < -0.39 is 0 Å². The van der Waals surface area contributed by atoms with Gasteiger partial charge in [-0.1, -0.05) is 30.3 Å². The highest BCUT2D eigenvalue weighted by molar-refractivity contribution is 7.15. The number of furan rings is 1. The third-order valence-corrected chi connectivity index (χ3v) is 5.17. The van der Waals surface area contributed by atoms with Crippen LogP contribution < -0.4 is 5.32 Å². The first-order chi connectivity index (χ1) is 13.1. The Morgan fingerprint density at radius 1 is 1.22 bits per heavy atom. The zero-order valence-corrected chi connectivity index (χ0v) is 15.7. The van der Waals surface area contributed by atoms with Crippen LogP contribution in [0, 0.1) is 6.92 Å². The molecule has 1 atom stereocenters. The van der Waals surface area contributed by atoms with Gasteiger partial charge in [-0.15, -0.1) is 11.3 Å². The number of aryl methyl sites for hydroxylation is 1. The zero-order chi connectivity index (χ0) is 18.8. The SMILES string of the molecule is Cc1sc(-c2ccco2)nc1C(=O)NC(C)c1ncc(-c2ccccc2)[nH]1. The summed E-state index contributed by atoms with van der Waals surface area (Å²) in [6, 6.07) is 13.3. The van der Waals surface area contributed by atoms with Crippen LogP contribution in [-0.2, 0) is 0 Å². The normalized spacial score (nSPS) is 12.1. The maximum absolute atomic E-state index is 12.7. The van der Waals surface area contributed by atoms with Crippen molar-refractivity contribution in [2.24, 2.45) is 0 Å². The number of hydrogen-bond donors (Lipinski definition) is 2. The van der Waals surface area contributed by atoms with Crippen LogP contribution in [0.4, 0.5) is 0 Å². The summed E-state index contributed by atoms with van der Waals surface area (Å²) in [4.78, 5) is 25.6. The molecule has 1 aromatic carbocycles. The lowest BCUT2D eigenvalue weighted by Gasteiger charge is -2.10. The lowest BCUT2D eigenvalue weighted by molar-refractivity contribution is 0.0933. The van der Waals surface area contributed by atoms with Crippen LogP contribution in [0.15, 0.2) is 59.3 Å². The average Bonchev–Trinajstić information content (AvgIpc) is 3.42. The van der Waals surface area contributed by atoms with Crippen LogP contribution in [0.2, 0.25) is 0 Å². The van der Waals surface area contributed by atoms with Crippen molar-refractivity contribution in [3.05, 3.63) is 71.3 Å². The summed E-state index contributed by atoms with van der Waals surface area (Å²) < 4.78 is 5.36. The number of carbonyl (C=O) groups is 1. The monoisotopic (exact) mass is 378 g/mol. The van der Waals surface area contributed by atoms with E-state index in [1.165, 1.54) is 11.3 Å². The molecule has 0 aliphatic carbocycles. The summed E-state index contributed by atoms with van der Waals surface area (Å²) in [6.45, 7) is 3.77. The largest absolute Gasteiger partial charge is 0.462 e. The van der Waals surface area contributed by atoms with E-state index >= 15 is 0 Å². The third-order valence-electron chi connectivity index (χ3n) is 4.18. The van der Waals surface area contributed by atoms with Crippen LogP contribution in [0.5, 0.6) is 0 Å². The summed E-state index contributed by atoms with van der Waals surface area (Å²) in [5.74, 6) is 1.13. The molecule has 0 bridgehead atoms. The van der Waals surface area contributed by atoms with Gasteiger partial charge in [-0.25, -0.2) is 9.97 Å². The topological polar surface area (TPSA) is 83.8 Å². The molecule has 1 amide bonds. The van der Waals surface area contributed by atoms with Crippen molar-refractivity contribution in [1.82, 2.24) is 20.3 Å². The fourth-order valence-corrected chi connectivity index (χ4v) is 3.65. The lowest BCUT2D eigenvalue weighted by Crippen LogP contribution is -2.28. The number of hydrogen-bond acceptors (Lipinski definition) is 5. The van der Waals surface area contributed by atoms with Gasteiger partial charge in [0.05, 0.1) is 24.2 Å². The Balaban J connectivity index is 1.49. The predicted molar refractivity (Wildman–Crippen MR) is 104 cm³/mol. The Kier molecular flexibility index (Phi) is 4.60. The first kappa shape index (κ1) is 17.2. The van der Waals surface area contributed by atoms with Crippen molar-refractivity contribution in [1.29, 1.82) is 0 Å². The minimum absolute atomic E-state index is 0.230. The molecule has 0 aliphatic heterocycles. The molecule has 0 fully saturated rings. The van der Waals surface area contributed by atoms with Crippen molar-refractivity contribution >= 4 is 17.2 Å². The maximum Gasteiger partial charge on any atom is 0.271 e. The first-order valence-corrected chi connectivity index (χ1v) is 9.36. The van der Waals surface area contributed by atoms with Crippen LogP contribution in [0.25, 0.3) is 22.0 Å². The molecule has 3 heterocycles. The number of H-pyrrole nitrogens is 1. The fourth-order valence-electron chi connectivity index (χ4n) is 2.77. The van der Waals surface area contributed by atoms with Gasteiger partial charge in [0, 0.05) is 4.88 Å². The van der Waals surface area contributed by atoms with Gasteiger partial charge < -0.3 is 14.7 Å². The van der Waals surface area contributed by atoms with Gasteiger partial charge in [0.2, 0.25) is 0 Å². The molecule has 3 aromatic heterocycles. The third kappa shape index (κ3) is 3.54. The second-order valence-electron chi connectivity index (χ2n) is 6.14. The van der Waals surface area contributed by atoms with Crippen LogP contribution in [0.1, 0.15) is 34.2 Å². The number of aromatic amines is 1. The Labute approximate surface area is 160 Å². The Bertz CT molecular complexity index is 1050. The fraction of sp³-hybridized carbons (Fsp3) is 0.150. The maximum atomic E-state index is 12.7. The number of thiazole rings is 1. The van der Waals surface area contributed by atoms with Gasteiger partial charge in [0.15, 0.2) is 10.8 Å². The van der Waals surface area contributed by atoms with Crippen molar-refractivity contribution in [2.45, 2.75) is 19.9 Å². The smallest absolute Gasteiger partial charge is 0.271 e. The van der Waals surface area contributed by atoms with E-state index in [1.54, 1.807) is 18.5 Å². The summed E-state index contributed by atoms with van der Waals surface area (Å²) >= 11 is 1.44. The van der Waals surface area contributed by atoms with Crippen LogP contribution >= 0.6 is 11.3 Å². The van der Waals surface area contributed by atoms with Gasteiger partial charge in [0.1, 0.15) is 11.5 Å². The number of nitrogens with one attached hydrogen (secondary N) is 2. The van der Waals surface area contributed by atoms with E-state index in [0.29, 0.717) is 22.3 Å². The van der Waals surface area contributed by atoms with E-state index in [1.807, 2.05) is 50.2 Å². The van der Waals surface area contributed by atoms with Crippen molar-refractivity contribution in [3.8, 4) is 22.0 Å². The molecule has 136 valence electrons. The molecule has 27 heavy (non-hydrogen) atoms. The zero-order valence-electron chi connectivity index (χ0n) is 14.9. The summed E-state index contributed by atoms with van der Waals surface area (Å²) in [7, 11) is 0. The van der Waals surface area contributed by atoms with Crippen molar-refractivity contribution < 1.29 is 9.21 Å².